The van der Waals surface area contributed by atoms with Gasteiger partial charge in [-0.05, 0) is 46.7 Å². The van der Waals surface area contributed by atoms with Crippen LogP contribution >= 0.6 is 0 Å². The number of aliphatic hydroxyl groups excluding tert-OH is 4. The minimum atomic E-state index is -1.42. The maximum Gasteiger partial charge on any atom is 0.113 e. The van der Waals surface area contributed by atoms with E-state index in [9.17, 15) is 20.4 Å². The lowest BCUT2D eigenvalue weighted by molar-refractivity contribution is -0.231. The van der Waals surface area contributed by atoms with Crippen molar-refractivity contribution in [2.24, 2.45) is 5.92 Å². The van der Waals surface area contributed by atoms with Crippen LogP contribution in [0.25, 0.3) is 5.57 Å². The van der Waals surface area contributed by atoms with E-state index >= 15 is 0 Å². The second-order valence-electron chi connectivity index (χ2n) is 8.67. The Morgan fingerprint density at radius 1 is 1.03 bits per heavy atom. The molecule has 0 bridgehead atoms. The Balaban J connectivity index is 1.51. The molecular formula is C25H31NO6. The molecule has 2 aromatic carbocycles. The fourth-order valence-corrected chi connectivity index (χ4v) is 4.43. The molecule has 6 atom stereocenters. The van der Waals surface area contributed by atoms with Crippen molar-refractivity contribution in [3.05, 3.63) is 71.3 Å². The third-order valence-corrected chi connectivity index (χ3v) is 6.53. The maximum absolute atomic E-state index is 10.4. The molecule has 0 aromatic heterocycles. The molecule has 2 aliphatic rings. The van der Waals surface area contributed by atoms with Crippen molar-refractivity contribution in [3.8, 4) is 0 Å². The van der Waals surface area contributed by atoms with E-state index in [1.807, 2.05) is 6.07 Å². The summed E-state index contributed by atoms with van der Waals surface area (Å²) < 4.78 is 11.1. The molecule has 0 unspecified atom stereocenters. The van der Waals surface area contributed by atoms with Crippen LogP contribution in [0.15, 0.2) is 49.0 Å². The first-order valence-electron chi connectivity index (χ1n) is 10.9. The molecule has 32 heavy (non-hydrogen) atoms. The van der Waals surface area contributed by atoms with Gasteiger partial charge in [-0.3, -0.25) is 0 Å². The van der Waals surface area contributed by atoms with Crippen LogP contribution in [-0.2, 0) is 15.9 Å². The summed E-state index contributed by atoms with van der Waals surface area (Å²) in [5, 5.41) is 40.0. The van der Waals surface area contributed by atoms with Crippen molar-refractivity contribution in [2.45, 2.75) is 43.4 Å². The highest BCUT2D eigenvalue weighted by atomic mass is 16.5. The molecule has 2 fully saturated rings. The Labute approximate surface area is 187 Å². The van der Waals surface area contributed by atoms with Gasteiger partial charge in [0.05, 0.1) is 13.2 Å². The number of nitrogens with two attached hydrogens (primary N) is 1. The summed E-state index contributed by atoms with van der Waals surface area (Å²) in [5.41, 5.74) is 11.6. The van der Waals surface area contributed by atoms with E-state index in [0.29, 0.717) is 23.6 Å². The second-order valence-corrected chi connectivity index (χ2v) is 8.67. The summed E-state index contributed by atoms with van der Waals surface area (Å²) in [6.07, 6.45) is -4.39. The van der Waals surface area contributed by atoms with Crippen LogP contribution in [0.2, 0.25) is 0 Å². The highest BCUT2D eigenvalue weighted by Crippen LogP contribution is 2.34. The van der Waals surface area contributed by atoms with Crippen LogP contribution in [0.3, 0.4) is 0 Å². The summed E-state index contributed by atoms with van der Waals surface area (Å²) in [6, 6.07) is 13.5. The summed E-state index contributed by atoms with van der Waals surface area (Å²) in [4.78, 5) is 0. The molecule has 172 valence electrons. The monoisotopic (exact) mass is 441 g/mol. The second kappa shape index (κ2) is 9.70. The minimum Gasteiger partial charge on any atom is -0.398 e. The molecule has 0 amide bonds. The first-order valence-corrected chi connectivity index (χ1v) is 10.9. The van der Waals surface area contributed by atoms with E-state index in [1.165, 1.54) is 0 Å². The third-order valence-electron chi connectivity index (χ3n) is 6.53. The van der Waals surface area contributed by atoms with Crippen molar-refractivity contribution >= 4 is 11.3 Å². The van der Waals surface area contributed by atoms with Crippen molar-refractivity contribution in [1.82, 2.24) is 0 Å². The summed E-state index contributed by atoms with van der Waals surface area (Å²) in [6.45, 7) is 5.28. The summed E-state index contributed by atoms with van der Waals surface area (Å²) >= 11 is 0. The van der Waals surface area contributed by atoms with Gasteiger partial charge < -0.3 is 35.6 Å². The lowest BCUT2D eigenvalue weighted by atomic mass is 9.89. The molecule has 4 rings (SSSR count). The average molecular weight is 442 g/mol. The third kappa shape index (κ3) is 4.59. The van der Waals surface area contributed by atoms with Gasteiger partial charge in [0.25, 0.3) is 0 Å². The Bertz CT molecular complexity index is 938. The van der Waals surface area contributed by atoms with Crippen LogP contribution in [0.1, 0.15) is 34.8 Å². The van der Waals surface area contributed by atoms with Crippen molar-refractivity contribution in [3.63, 3.8) is 0 Å². The molecule has 0 aliphatic carbocycles. The van der Waals surface area contributed by atoms with E-state index in [1.54, 1.807) is 12.1 Å². The predicted molar refractivity (Wildman–Crippen MR) is 121 cm³/mol. The van der Waals surface area contributed by atoms with Gasteiger partial charge in [-0.25, -0.2) is 0 Å². The molecule has 6 N–H and O–H groups in total. The number of anilines is 1. The van der Waals surface area contributed by atoms with E-state index in [4.69, 9.17) is 15.2 Å². The van der Waals surface area contributed by atoms with Crippen LogP contribution in [-0.4, -0.2) is 64.7 Å². The Hall–Kier alpha value is -2.26. The molecule has 2 aromatic rings. The molecule has 0 spiro atoms. The Morgan fingerprint density at radius 2 is 1.78 bits per heavy atom. The lowest BCUT2D eigenvalue weighted by Crippen LogP contribution is -2.55. The first-order chi connectivity index (χ1) is 15.4. The summed E-state index contributed by atoms with van der Waals surface area (Å²) in [7, 11) is 0. The normalized spacial score (nSPS) is 30.4. The molecule has 2 aliphatic heterocycles. The fourth-order valence-electron chi connectivity index (χ4n) is 4.43. The van der Waals surface area contributed by atoms with Gasteiger partial charge in [0.2, 0.25) is 0 Å². The number of rotatable bonds is 6. The Kier molecular flexibility index (Phi) is 6.95. The number of hydrogen-bond acceptors (Lipinski definition) is 7. The molecular weight excluding hydrogens is 410 g/mol. The topological polar surface area (TPSA) is 125 Å². The minimum absolute atomic E-state index is 0.367. The predicted octanol–water partition coefficient (Wildman–Crippen LogP) is 1.42. The zero-order valence-electron chi connectivity index (χ0n) is 17.9. The van der Waals surface area contributed by atoms with Crippen LogP contribution in [0, 0.1) is 5.92 Å². The van der Waals surface area contributed by atoms with Crippen molar-refractivity contribution in [2.75, 3.05) is 25.6 Å². The van der Waals surface area contributed by atoms with E-state index in [-0.39, 0.29) is 0 Å². The number of hydrogen-bond donors (Lipinski definition) is 5. The SMILES string of the molecule is C=C(c1ccc(Cc2cc([C@@H]3O[C@H](CO)[C@@H](O)[C@H](O)[C@H]3O)ccc2N)cc1)[C@H]1CCOC1. The van der Waals surface area contributed by atoms with E-state index in [2.05, 4.69) is 30.8 Å². The van der Waals surface area contributed by atoms with Crippen LogP contribution in [0.5, 0.6) is 0 Å². The van der Waals surface area contributed by atoms with Crippen LogP contribution < -0.4 is 5.73 Å². The number of nitrogen functional groups attached to an aromatic ring is 1. The number of ether oxygens (including phenoxy) is 2. The van der Waals surface area contributed by atoms with Gasteiger partial charge in [-0.1, -0.05) is 43.0 Å². The molecule has 0 radical (unpaired) electrons. The van der Waals surface area contributed by atoms with Gasteiger partial charge in [0.1, 0.15) is 30.5 Å². The van der Waals surface area contributed by atoms with Crippen molar-refractivity contribution in [1.29, 1.82) is 0 Å². The standard InChI is InChI=1S/C25H31NO6/c1-14(18-8-9-31-13-18)16-4-2-15(3-5-16)10-19-11-17(6-7-20(19)26)25-24(30)23(29)22(28)21(12-27)32-25/h2-7,11,18,21-25,27-30H,1,8-10,12-13,26H2/t18-,21+,22+,23-,24+,25-/m0/s1. The zero-order valence-corrected chi connectivity index (χ0v) is 17.9. The van der Waals surface area contributed by atoms with Gasteiger partial charge >= 0.3 is 0 Å². The molecule has 0 saturated carbocycles. The largest absolute Gasteiger partial charge is 0.398 e. The van der Waals surface area contributed by atoms with Gasteiger partial charge in [-0.15, -0.1) is 0 Å². The zero-order chi connectivity index (χ0) is 22.8. The van der Waals surface area contributed by atoms with Crippen LogP contribution in [0.4, 0.5) is 5.69 Å². The van der Waals surface area contributed by atoms with Gasteiger partial charge in [0.15, 0.2) is 0 Å². The first kappa shape index (κ1) is 22.9. The molecule has 2 saturated heterocycles. The van der Waals surface area contributed by atoms with E-state index < -0.39 is 37.1 Å². The highest BCUT2D eigenvalue weighted by Gasteiger charge is 2.44. The maximum atomic E-state index is 10.4. The molecule has 7 nitrogen and oxygen atoms in total. The highest BCUT2D eigenvalue weighted by molar-refractivity contribution is 5.66. The summed E-state index contributed by atoms with van der Waals surface area (Å²) in [5.74, 6) is 0.367. The number of benzene rings is 2. The molecule has 2 heterocycles. The van der Waals surface area contributed by atoms with Gasteiger partial charge in [-0.2, -0.15) is 0 Å². The Morgan fingerprint density at radius 3 is 2.44 bits per heavy atom. The quantitative estimate of drug-likeness (QED) is 0.429. The fraction of sp³-hybridized carbons (Fsp3) is 0.440. The number of aliphatic hydroxyl groups is 4. The van der Waals surface area contributed by atoms with Crippen molar-refractivity contribution < 1.29 is 29.9 Å². The average Bonchev–Trinajstić information content (AvgIpc) is 3.34. The van der Waals surface area contributed by atoms with E-state index in [0.717, 1.165) is 41.9 Å². The van der Waals surface area contributed by atoms with Gasteiger partial charge in [0, 0.05) is 18.2 Å². The molecule has 7 heteroatoms. The lowest BCUT2D eigenvalue weighted by Gasteiger charge is -2.40. The smallest absolute Gasteiger partial charge is 0.113 e.